The lowest BCUT2D eigenvalue weighted by molar-refractivity contribution is 0.682. The Hall–Kier alpha value is -0.940. The first-order valence-corrected chi connectivity index (χ1v) is 8.24. The molecule has 2 aromatic carbocycles. The van der Waals surface area contributed by atoms with Crippen LogP contribution in [-0.2, 0) is 26.3 Å². The van der Waals surface area contributed by atoms with Crippen LogP contribution >= 0.6 is 11.6 Å². The predicted octanol–water partition coefficient (Wildman–Crippen LogP) is 2.91. The summed E-state index contributed by atoms with van der Waals surface area (Å²) < 4.78 is 11.9. The molecule has 94 valence electrons. The van der Waals surface area contributed by atoms with Crippen molar-refractivity contribution in [3.63, 3.8) is 0 Å². The van der Waals surface area contributed by atoms with Gasteiger partial charge in [-0.2, -0.15) is 0 Å². The van der Waals surface area contributed by atoms with Gasteiger partial charge in [0.25, 0.3) is 0 Å². The van der Waals surface area contributed by atoms with E-state index in [1.807, 2.05) is 30.3 Å². The highest BCUT2D eigenvalue weighted by atomic mass is 35.5. The van der Waals surface area contributed by atoms with Gasteiger partial charge >= 0.3 is 0 Å². The van der Waals surface area contributed by atoms with E-state index in [-0.39, 0.29) is 0 Å². The van der Waals surface area contributed by atoms with E-state index in [1.165, 1.54) is 0 Å². The van der Waals surface area contributed by atoms with Crippen LogP contribution in [0, 0.1) is 0 Å². The Morgan fingerprint density at radius 2 is 1.83 bits per heavy atom. The molecule has 0 bridgehead atoms. The Morgan fingerprint density at radius 3 is 2.44 bits per heavy atom. The van der Waals surface area contributed by atoms with Crippen molar-refractivity contribution in [2.45, 2.75) is 11.3 Å². The predicted molar refractivity (Wildman–Crippen MR) is 78.7 cm³/mol. The third-order valence-electron chi connectivity index (χ3n) is 2.57. The molecule has 2 nitrogen and oxygen atoms in total. The number of hydrogen-bond donors (Lipinski definition) is 1. The van der Waals surface area contributed by atoms with Crippen LogP contribution in [-0.4, -0.2) is 4.21 Å². The van der Waals surface area contributed by atoms with Crippen LogP contribution in [0.25, 0.3) is 0 Å². The first kappa shape index (κ1) is 13.5. The maximum atomic E-state index is 11.9. The van der Waals surface area contributed by atoms with E-state index in [2.05, 4.69) is 0 Å². The van der Waals surface area contributed by atoms with Crippen molar-refractivity contribution in [3.05, 3.63) is 64.7 Å². The van der Waals surface area contributed by atoms with Crippen molar-refractivity contribution in [1.82, 2.24) is 0 Å². The summed E-state index contributed by atoms with van der Waals surface area (Å²) in [5.74, 6) is 0. The van der Waals surface area contributed by atoms with Gasteiger partial charge in [0.15, 0.2) is 0 Å². The van der Waals surface area contributed by atoms with Gasteiger partial charge in [-0.1, -0.05) is 41.9 Å². The Kier molecular flexibility index (Phi) is 4.02. The molecule has 5 heteroatoms. The Morgan fingerprint density at radius 1 is 1.17 bits per heavy atom. The van der Waals surface area contributed by atoms with Crippen LogP contribution in [0.2, 0.25) is 5.02 Å². The number of benzene rings is 2. The van der Waals surface area contributed by atoms with Crippen LogP contribution in [0.5, 0.6) is 0 Å². The van der Waals surface area contributed by atoms with E-state index in [0.717, 1.165) is 11.1 Å². The van der Waals surface area contributed by atoms with Gasteiger partial charge in [0.2, 0.25) is 0 Å². The second kappa shape index (κ2) is 5.36. The Balaban J connectivity index is 2.47. The first-order valence-electron chi connectivity index (χ1n) is 5.32. The molecule has 0 aromatic heterocycles. The summed E-state index contributed by atoms with van der Waals surface area (Å²) in [7, 11) is -2.90. The standard InChI is InChI=1S/C13H12ClNOS2/c14-12-6-7-13(18(15,16)17)11(9-12)8-10-4-2-1-3-5-10/h1-7,9H,8H2,(H2,15,16,17). The van der Waals surface area contributed by atoms with E-state index in [0.29, 0.717) is 16.3 Å². The van der Waals surface area contributed by atoms with E-state index < -0.39 is 8.68 Å². The first-order chi connectivity index (χ1) is 8.47. The molecular weight excluding hydrogens is 286 g/mol. The molecule has 2 aromatic rings. The van der Waals surface area contributed by atoms with E-state index in [4.69, 9.17) is 27.9 Å². The largest absolute Gasteiger partial charge is 0.247 e. The molecule has 0 heterocycles. The zero-order chi connectivity index (χ0) is 13.2. The number of rotatable bonds is 3. The SMILES string of the molecule is NS(=O)(=S)c1ccc(Cl)cc1Cc1ccccc1. The smallest absolute Gasteiger partial charge is 0.116 e. The van der Waals surface area contributed by atoms with Gasteiger partial charge in [0, 0.05) is 16.2 Å². The van der Waals surface area contributed by atoms with Crippen molar-refractivity contribution in [2.24, 2.45) is 5.14 Å². The summed E-state index contributed by atoms with van der Waals surface area (Å²) >= 11 is 10.8. The van der Waals surface area contributed by atoms with Crippen molar-refractivity contribution in [3.8, 4) is 0 Å². The van der Waals surface area contributed by atoms with E-state index in [9.17, 15) is 4.21 Å². The summed E-state index contributed by atoms with van der Waals surface area (Å²) in [4.78, 5) is 0.491. The number of halogens is 1. The zero-order valence-electron chi connectivity index (χ0n) is 9.51. The fraction of sp³-hybridized carbons (Fsp3) is 0.0769. The van der Waals surface area contributed by atoms with Crippen LogP contribution in [0.15, 0.2) is 53.4 Å². The van der Waals surface area contributed by atoms with Gasteiger partial charge in [-0.3, -0.25) is 0 Å². The molecular formula is C13H12ClNOS2. The molecule has 0 aliphatic rings. The van der Waals surface area contributed by atoms with Gasteiger partial charge in [0.1, 0.15) is 8.68 Å². The number of nitrogens with two attached hydrogens (primary N) is 1. The fourth-order valence-electron chi connectivity index (χ4n) is 1.78. The molecule has 0 amide bonds. The topological polar surface area (TPSA) is 43.1 Å². The van der Waals surface area contributed by atoms with Gasteiger partial charge < -0.3 is 0 Å². The maximum absolute atomic E-state index is 11.9. The van der Waals surface area contributed by atoms with Crippen LogP contribution in [0.3, 0.4) is 0 Å². The van der Waals surface area contributed by atoms with Gasteiger partial charge in [-0.25, -0.2) is 9.35 Å². The van der Waals surface area contributed by atoms with Crippen LogP contribution in [0.1, 0.15) is 11.1 Å². The minimum Gasteiger partial charge on any atom is -0.247 e. The molecule has 0 radical (unpaired) electrons. The molecule has 1 unspecified atom stereocenters. The fourth-order valence-corrected chi connectivity index (χ4v) is 3.22. The van der Waals surface area contributed by atoms with Crippen molar-refractivity contribution >= 4 is 31.5 Å². The average Bonchev–Trinajstić information content (AvgIpc) is 2.28. The molecule has 2 rings (SSSR count). The Labute approximate surface area is 117 Å². The molecule has 0 spiro atoms. The van der Waals surface area contributed by atoms with E-state index >= 15 is 0 Å². The maximum Gasteiger partial charge on any atom is 0.116 e. The molecule has 0 fully saturated rings. The van der Waals surface area contributed by atoms with Crippen LogP contribution in [0.4, 0.5) is 0 Å². The molecule has 0 aliphatic heterocycles. The molecule has 1 atom stereocenters. The van der Waals surface area contributed by atoms with Gasteiger partial charge in [-0.05, 0) is 35.7 Å². The Bertz CT molecular complexity index is 654. The lowest BCUT2D eigenvalue weighted by Crippen LogP contribution is -2.13. The molecule has 0 aliphatic carbocycles. The zero-order valence-corrected chi connectivity index (χ0v) is 11.9. The molecule has 0 saturated heterocycles. The van der Waals surface area contributed by atoms with Crippen molar-refractivity contribution in [2.75, 3.05) is 0 Å². The summed E-state index contributed by atoms with van der Waals surface area (Å²) in [5, 5.41) is 6.15. The second-order valence-corrected chi connectivity index (χ2v) is 7.41. The summed E-state index contributed by atoms with van der Waals surface area (Å²) in [5.41, 5.74) is 1.91. The average molecular weight is 298 g/mol. The molecule has 0 saturated carbocycles. The summed E-state index contributed by atoms with van der Waals surface area (Å²) in [6.07, 6.45) is 0.613. The minimum absolute atomic E-state index is 0.491. The van der Waals surface area contributed by atoms with Crippen molar-refractivity contribution < 1.29 is 4.21 Å². The van der Waals surface area contributed by atoms with Crippen molar-refractivity contribution in [1.29, 1.82) is 0 Å². The molecule has 2 N–H and O–H groups in total. The number of hydrogen-bond acceptors (Lipinski definition) is 2. The van der Waals surface area contributed by atoms with E-state index in [1.54, 1.807) is 18.2 Å². The highest BCUT2D eigenvalue weighted by Gasteiger charge is 2.11. The lowest BCUT2D eigenvalue weighted by Gasteiger charge is -2.10. The third kappa shape index (κ3) is 3.29. The monoisotopic (exact) mass is 297 g/mol. The molecule has 18 heavy (non-hydrogen) atoms. The summed E-state index contributed by atoms with van der Waals surface area (Å²) in [6.45, 7) is 0. The highest BCUT2D eigenvalue weighted by molar-refractivity contribution is 8.31. The van der Waals surface area contributed by atoms with Crippen LogP contribution < -0.4 is 5.14 Å². The highest BCUT2D eigenvalue weighted by Crippen LogP contribution is 2.22. The quantitative estimate of drug-likeness (QED) is 0.946. The normalized spacial score (nSPS) is 14.1. The second-order valence-electron chi connectivity index (χ2n) is 3.96. The summed E-state index contributed by atoms with van der Waals surface area (Å²) in [6, 6.07) is 14.9. The third-order valence-corrected chi connectivity index (χ3v) is 4.35. The minimum atomic E-state index is -2.90. The van der Waals surface area contributed by atoms with Gasteiger partial charge in [-0.15, -0.1) is 0 Å². The van der Waals surface area contributed by atoms with Gasteiger partial charge in [0.05, 0.1) is 4.90 Å². The lowest BCUT2D eigenvalue weighted by atomic mass is 10.1.